The molecule has 0 aromatic carbocycles. The van der Waals surface area contributed by atoms with Crippen molar-refractivity contribution in [3.05, 3.63) is 17.0 Å². The largest absolute Gasteiger partial charge is 0.377 e. The molecule has 2 rings (SSSR count). The van der Waals surface area contributed by atoms with Gasteiger partial charge in [-0.05, 0) is 23.9 Å². The minimum atomic E-state index is -0.976. The quantitative estimate of drug-likeness (QED) is 0.825. The minimum Gasteiger partial charge on any atom is -0.377 e. The average Bonchev–Trinajstić information content (AvgIpc) is 2.51. The van der Waals surface area contributed by atoms with Gasteiger partial charge in [-0.2, -0.15) is 5.26 Å². The Bertz CT molecular complexity index is 429. The third-order valence-corrected chi connectivity index (χ3v) is 3.37. The van der Waals surface area contributed by atoms with Crippen LogP contribution in [0.2, 0.25) is 0 Å². The minimum absolute atomic E-state index is 0.194. The number of nitrogens with zero attached hydrogens (tertiary/aromatic N) is 1. The number of carbonyl (C=O) groups is 1. The number of rotatable bonds is 2. The van der Waals surface area contributed by atoms with Crippen LogP contribution in [0.4, 0.5) is 5.00 Å². The lowest BCUT2D eigenvalue weighted by molar-refractivity contribution is -0.144. The van der Waals surface area contributed by atoms with Gasteiger partial charge < -0.3 is 10.1 Å². The summed E-state index contributed by atoms with van der Waals surface area (Å²) in [6, 6.07) is 3.94. The van der Waals surface area contributed by atoms with E-state index in [0.717, 1.165) is 10.6 Å². The molecule has 0 radical (unpaired) electrons. The fraction of sp³-hybridized carbons (Fsp3) is 0.400. The second kappa shape index (κ2) is 3.65. The second-order valence-electron chi connectivity index (χ2n) is 3.57. The van der Waals surface area contributed by atoms with Gasteiger partial charge in [-0.1, -0.05) is 0 Å². The number of anilines is 1. The van der Waals surface area contributed by atoms with Gasteiger partial charge in [-0.25, -0.2) is 0 Å². The smallest absolute Gasteiger partial charge is 0.250 e. The van der Waals surface area contributed by atoms with E-state index in [-0.39, 0.29) is 19.1 Å². The predicted octanol–water partition coefficient (Wildman–Crippen LogP) is 1.54. The number of nitrogens with one attached hydrogen (secondary N) is 1. The van der Waals surface area contributed by atoms with Crippen LogP contribution in [-0.2, 0) is 9.53 Å². The van der Waals surface area contributed by atoms with Gasteiger partial charge in [0, 0.05) is 0 Å². The SMILES string of the molecule is Cc1ccsc1NC(=O)C1(C#N)COC1. The maximum Gasteiger partial charge on any atom is 0.250 e. The van der Waals surface area contributed by atoms with Crippen LogP contribution in [0.15, 0.2) is 11.4 Å². The normalized spacial score (nSPS) is 17.6. The summed E-state index contributed by atoms with van der Waals surface area (Å²) >= 11 is 1.46. The summed E-state index contributed by atoms with van der Waals surface area (Å²) in [6.45, 7) is 2.31. The molecule has 1 amide bonds. The summed E-state index contributed by atoms with van der Waals surface area (Å²) in [4.78, 5) is 11.8. The molecule has 1 fully saturated rings. The van der Waals surface area contributed by atoms with Crippen LogP contribution >= 0.6 is 11.3 Å². The number of amides is 1. The Kier molecular flexibility index (Phi) is 2.47. The molecular formula is C10H10N2O2S. The first-order valence-corrected chi connectivity index (χ1v) is 5.40. The van der Waals surface area contributed by atoms with Crippen LogP contribution in [0.25, 0.3) is 0 Å². The van der Waals surface area contributed by atoms with Gasteiger partial charge in [0.05, 0.1) is 24.3 Å². The molecule has 0 saturated carbocycles. The molecule has 1 aromatic rings. The molecule has 5 heteroatoms. The molecule has 0 aliphatic carbocycles. The summed E-state index contributed by atoms with van der Waals surface area (Å²) in [5.74, 6) is -0.262. The van der Waals surface area contributed by atoms with Crippen molar-refractivity contribution in [3.8, 4) is 6.07 Å². The molecule has 78 valence electrons. The fourth-order valence-corrected chi connectivity index (χ4v) is 2.09. The van der Waals surface area contributed by atoms with Crippen LogP contribution in [0.1, 0.15) is 5.56 Å². The molecule has 15 heavy (non-hydrogen) atoms. The molecule has 1 aliphatic rings. The monoisotopic (exact) mass is 222 g/mol. The first-order chi connectivity index (χ1) is 7.18. The van der Waals surface area contributed by atoms with E-state index in [2.05, 4.69) is 5.32 Å². The van der Waals surface area contributed by atoms with Gasteiger partial charge in [0.15, 0.2) is 5.41 Å². The van der Waals surface area contributed by atoms with Gasteiger partial charge in [-0.15, -0.1) is 11.3 Å². The summed E-state index contributed by atoms with van der Waals surface area (Å²) < 4.78 is 4.92. The van der Waals surface area contributed by atoms with Gasteiger partial charge in [0.25, 0.3) is 0 Å². The highest BCUT2D eigenvalue weighted by molar-refractivity contribution is 7.14. The van der Waals surface area contributed by atoms with E-state index in [1.807, 2.05) is 24.4 Å². The van der Waals surface area contributed by atoms with Crippen LogP contribution in [0.3, 0.4) is 0 Å². The maximum absolute atomic E-state index is 11.8. The van der Waals surface area contributed by atoms with Crippen molar-refractivity contribution < 1.29 is 9.53 Å². The highest BCUT2D eigenvalue weighted by atomic mass is 32.1. The van der Waals surface area contributed by atoms with Crippen molar-refractivity contribution in [2.75, 3.05) is 18.5 Å². The number of ether oxygens (including phenoxy) is 1. The number of aryl methyl sites for hydroxylation is 1. The van der Waals surface area contributed by atoms with E-state index in [1.54, 1.807) is 0 Å². The van der Waals surface area contributed by atoms with Gasteiger partial charge in [0.1, 0.15) is 0 Å². The number of hydrogen-bond donors (Lipinski definition) is 1. The maximum atomic E-state index is 11.8. The Morgan fingerprint density at radius 2 is 2.47 bits per heavy atom. The standard InChI is InChI=1S/C10H10N2O2S/c1-7-2-3-15-8(7)12-9(13)10(4-11)5-14-6-10/h2-3H,5-6H2,1H3,(H,12,13). The number of thiophene rings is 1. The van der Waals surface area contributed by atoms with Crippen molar-refractivity contribution in [1.82, 2.24) is 0 Å². The lowest BCUT2D eigenvalue weighted by Gasteiger charge is -2.33. The van der Waals surface area contributed by atoms with E-state index in [0.29, 0.717) is 0 Å². The van der Waals surface area contributed by atoms with Crippen LogP contribution in [0, 0.1) is 23.7 Å². The van der Waals surface area contributed by atoms with Crippen LogP contribution in [0.5, 0.6) is 0 Å². The molecule has 1 saturated heterocycles. The molecule has 0 bridgehead atoms. The molecule has 0 atom stereocenters. The Balaban J connectivity index is 2.11. The first kappa shape index (κ1) is 10.1. The van der Waals surface area contributed by atoms with Gasteiger partial charge in [-0.3, -0.25) is 4.79 Å². The van der Waals surface area contributed by atoms with Gasteiger partial charge >= 0.3 is 0 Å². The topological polar surface area (TPSA) is 62.1 Å². The van der Waals surface area contributed by atoms with E-state index in [4.69, 9.17) is 10.00 Å². The lowest BCUT2D eigenvalue weighted by atomic mass is 9.87. The molecular weight excluding hydrogens is 212 g/mol. The Hall–Kier alpha value is -1.38. The molecule has 1 aliphatic heterocycles. The third-order valence-electron chi connectivity index (χ3n) is 2.43. The van der Waals surface area contributed by atoms with E-state index < -0.39 is 5.41 Å². The van der Waals surface area contributed by atoms with Crippen LogP contribution in [-0.4, -0.2) is 19.1 Å². The van der Waals surface area contributed by atoms with Crippen molar-refractivity contribution in [2.45, 2.75) is 6.92 Å². The zero-order valence-corrected chi connectivity index (χ0v) is 9.06. The summed E-state index contributed by atoms with van der Waals surface area (Å²) in [5, 5.41) is 14.4. The Morgan fingerprint density at radius 1 is 1.73 bits per heavy atom. The average molecular weight is 222 g/mol. The molecule has 1 aromatic heterocycles. The molecule has 1 N–H and O–H groups in total. The third kappa shape index (κ3) is 1.62. The Morgan fingerprint density at radius 3 is 2.87 bits per heavy atom. The van der Waals surface area contributed by atoms with Crippen LogP contribution < -0.4 is 5.32 Å². The first-order valence-electron chi connectivity index (χ1n) is 4.52. The zero-order valence-electron chi connectivity index (χ0n) is 8.24. The lowest BCUT2D eigenvalue weighted by Crippen LogP contribution is -2.50. The van der Waals surface area contributed by atoms with Crippen molar-refractivity contribution in [3.63, 3.8) is 0 Å². The van der Waals surface area contributed by atoms with Crippen molar-refractivity contribution >= 4 is 22.2 Å². The fourth-order valence-electron chi connectivity index (χ4n) is 1.28. The summed E-state index contributed by atoms with van der Waals surface area (Å²) in [6.07, 6.45) is 0. The predicted molar refractivity (Wildman–Crippen MR) is 56.6 cm³/mol. The van der Waals surface area contributed by atoms with Gasteiger partial charge in [0.2, 0.25) is 5.91 Å². The molecule has 0 unspecified atom stereocenters. The summed E-state index contributed by atoms with van der Waals surface area (Å²) in [5.41, 5.74) is 0.0397. The summed E-state index contributed by atoms with van der Waals surface area (Å²) in [7, 11) is 0. The van der Waals surface area contributed by atoms with Crippen molar-refractivity contribution in [1.29, 1.82) is 5.26 Å². The molecule has 4 nitrogen and oxygen atoms in total. The van der Waals surface area contributed by atoms with Crippen molar-refractivity contribution in [2.24, 2.45) is 5.41 Å². The zero-order chi connectivity index (χ0) is 10.9. The number of hydrogen-bond acceptors (Lipinski definition) is 4. The number of carbonyl (C=O) groups excluding carboxylic acids is 1. The highest BCUT2D eigenvalue weighted by Gasteiger charge is 2.46. The number of nitriles is 1. The van der Waals surface area contributed by atoms with E-state index in [9.17, 15) is 4.79 Å². The second-order valence-corrected chi connectivity index (χ2v) is 4.49. The van der Waals surface area contributed by atoms with E-state index in [1.165, 1.54) is 11.3 Å². The molecule has 2 heterocycles. The molecule has 0 spiro atoms. The Labute approximate surface area is 91.5 Å². The highest BCUT2D eigenvalue weighted by Crippen LogP contribution is 2.30. The van der Waals surface area contributed by atoms with E-state index >= 15 is 0 Å².